The van der Waals surface area contributed by atoms with Gasteiger partial charge in [-0.15, -0.1) is 0 Å². The molecule has 1 N–H and O–H groups in total. The standard InChI is InChI=1S/C53H46BN2O/c1-51(2,3)30-17-20-32(21-18-30)55-44-24-19-31(52(4,5)6)25-38(44)35-22-23-36-39-26-42-37(33-13-9-11-15-41(33)53(42,7)8)28-45(39)56-46-29-48-40(27-43(46)54-49(35)50(36)56)34-14-10-12-16-47(34)57-48/h9-29,55H,1-8H3. The van der Waals surface area contributed by atoms with Crippen LogP contribution in [0.4, 0.5) is 11.4 Å². The third kappa shape index (κ3) is 4.99. The van der Waals surface area contributed by atoms with Crippen LogP contribution in [0.2, 0.25) is 0 Å². The molecular weight excluding hydrogens is 691 g/mol. The van der Waals surface area contributed by atoms with Crippen LogP contribution in [0, 0.1) is 0 Å². The van der Waals surface area contributed by atoms with E-state index in [1.807, 2.05) is 0 Å². The SMILES string of the molecule is CC(C)(C)c1ccc(Nc2ccc(C(C)(C)C)cc2-c2ccc3c4cc5c(cc4n4c3c2[B]c2cc3c(cc2-4)oc2ccccc23)-c2ccccc2C5(C)C)cc1. The van der Waals surface area contributed by atoms with Crippen molar-refractivity contribution in [3.8, 4) is 27.9 Å². The molecule has 3 heterocycles. The van der Waals surface area contributed by atoms with Crippen LogP contribution >= 0.6 is 0 Å². The number of hydrogen-bond donors (Lipinski definition) is 1. The Bertz CT molecular complexity index is 3160. The molecule has 1 radical (unpaired) electrons. The molecule has 9 aromatic rings. The highest BCUT2D eigenvalue weighted by molar-refractivity contribution is 6.73. The Morgan fingerprint density at radius 3 is 2.09 bits per heavy atom. The zero-order valence-corrected chi connectivity index (χ0v) is 34.1. The Hall–Kier alpha value is -6.00. The summed E-state index contributed by atoms with van der Waals surface area (Å²) < 4.78 is 9.07. The van der Waals surface area contributed by atoms with Crippen LogP contribution < -0.4 is 16.2 Å². The number of para-hydroxylation sites is 1. The van der Waals surface area contributed by atoms with Crippen molar-refractivity contribution in [1.29, 1.82) is 0 Å². The average Bonchev–Trinajstić information content (AvgIpc) is 3.79. The second kappa shape index (κ2) is 11.5. The fraction of sp³-hybridized carbons (Fsp3) is 0.208. The molecule has 2 aromatic heterocycles. The maximum atomic E-state index is 6.54. The van der Waals surface area contributed by atoms with Crippen molar-refractivity contribution in [3.05, 3.63) is 150 Å². The first kappa shape index (κ1) is 34.3. The minimum absolute atomic E-state index is 0.0220. The summed E-state index contributed by atoms with van der Waals surface area (Å²) in [5.74, 6) is 0. The summed E-state index contributed by atoms with van der Waals surface area (Å²) in [4.78, 5) is 0. The lowest BCUT2D eigenvalue weighted by Gasteiger charge is -2.26. The van der Waals surface area contributed by atoms with E-state index in [0.29, 0.717) is 0 Å². The van der Waals surface area contributed by atoms with Crippen molar-refractivity contribution in [2.24, 2.45) is 0 Å². The number of fused-ring (bicyclic) bond motifs is 11. The topological polar surface area (TPSA) is 30.1 Å². The van der Waals surface area contributed by atoms with Crippen molar-refractivity contribution in [2.75, 3.05) is 5.32 Å². The fourth-order valence-corrected chi connectivity index (χ4v) is 9.75. The molecule has 0 unspecified atom stereocenters. The second-order valence-corrected chi connectivity index (χ2v) is 19.0. The van der Waals surface area contributed by atoms with Crippen LogP contribution in [0.3, 0.4) is 0 Å². The zero-order valence-electron chi connectivity index (χ0n) is 34.1. The molecule has 7 aromatic carbocycles. The molecule has 0 saturated heterocycles. The van der Waals surface area contributed by atoms with E-state index in [-0.39, 0.29) is 16.2 Å². The third-order valence-electron chi connectivity index (χ3n) is 12.9. The summed E-state index contributed by atoms with van der Waals surface area (Å²) in [6.45, 7) is 18.5. The highest BCUT2D eigenvalue weighted by atomic mass is 16.3. The van der Waals surface area contributed by atoms with Gasteiger partial charge in [-0.3, -0.25) is 0 Å². The smallest absolute Gasteiger partial charge is 0.197 e. The van der Waals surface area contributed by atoms with Crippen LogP contribution in [-0.2, 0) is 16.2 Å². The molecule has 0 amide bonds. The first-order valence-corrected chi connectivity index (χ1v) is 20.3. The van der Waals surface area contributed by atoms with Gasteiger partial charge in [0.2, 0.25) is 0 Å². The Kier molecular flexibility index (Phi) is 6.94. The Labute approximate surface area is 335 Å². The predicted molar refractivity (Wildman–Crippen MR) is 243 cm³/mol. The highest BCUT2D eigenvalue weighted by Gasteiger charge is 2.37. The molecule has 0 saturated carbocycles. The van der Waals surface area contributed by atoms with Crippen molar-refractivity contribution in [2.45, 2.75) is 71.6 Å². The van der Waals surface area contributed by atoms with E-state index in [1.54, 1.807) is 0 Å². The monoisotopic (exact) mass is 737 g/mol. The number of nitrogens with zero attached hydrogens (tertiary/aromatic N) is 1. The van der Waals surface area contributed by atoms with Gasteiger partial charge in [-0.05, 0) is 97.7 Å². The van der Waals surface area contributed by atoms with Crippen LogP contribution in [0.25, 0.3) is 71.7 Å². The first-order chi connectivity index (χ1) is 27.3. The van der Waals surface area contributed by atoms with Crippen LogP contribution in [0.5, 0.6) is 0 Å². The molecule has 1 aliphatic heterocycles. The maximum Gasteiger partial charge on any atom is 0.197 e. The molecule has 1 aliphatic carbocycles. The van der Waals surface area contributed by atoms with E-state index < -0.39 is 0 Å². The minimum Gasteiger partial charge on any atom is -0.456 e. The number of benzene rings is 7. The molecular formula is C53H46BN2O. The molecule has 0 fully saturated rings. The zero-order chi connectivity index (χ0) is 39.2. The van der Waals surface area contributed by atoms with E-state index in [9.17, 15) is 0 Å². The number of rotatable bonds is 3. The highest BCUT2D eigenvalue weighted by Crippen LogP contribution is 2.51. The lowest BCUT2D eigenvalue weighted by atomic mass is 9.59. The number of aromatic nitrogens is 1. The van der Waals surface area contributed by atoms with E-state index in [1.165, 1.54) is 77.2 Å². The molecule has 0 atom stereocenters. The lowest BCUT2D eigenvalue weighted by Crippen LogP contribution is -2.37. The Morgan fingerprint density at radius 2 is 1.30 bits per heavy atom. The van der Waals surface area contributed by atoms with Crippen LogP contribution in [-0.4, -0.2) is 11.8 Å². The molecule has 3 nitrogen and oxygen atoms in total. The normalized spacial score (nSPS) is 14.2. The van der Waals surface area contributed by atoms with Gasteiger partial charge in [-0.2, -0.15) is 0 Å². The molecule has 4 heteroatoms. The largest absolute Gasteiger partial charge is 0.456 e. The molecule has 2 aliphatic rings. The first-order valence-electron chi connectivity index (χ1n) is 20.3. The van der Waals surface area contributed by atoms with E-state index in [2.05, 4.69) is 200 Å². The summed E-state index contributed by atoms with van der Waals surface area (Å²) in [5.41, 5.74) is 20.5. The Balaban J connectivity index is 1.20. The van der Waals surface area contributed by atoms with Gasteiger partial charge in [0.15, 0.2) is 7.28 Å². The summed E-state index contributed by atoms with van der Waals surface area (Å²) >= 11 is 0. The molecule has 57 heavy (non-hydrogen) atoms. The molecule has 0 bridgehead atoms. The summed E-state index contributed by atoms with van der Waals surface area (Å²) in [6, 6.07) is 47.6. The van der Waals surface area contributed by atoms with Gasteiger partial charge in [-0.25, -0.2) is 0 Å². The lowest BCUT2D eigenvalue weighted by molar-refractivity contribution is 0.590. The summed E-state index contributed by atoms with van der Waals surface area (Å²) in [7, 11) is 2.44. The van der Waals surface area contributed by atoms with Crippen molar-refractivity contribution in [3.63, 3.8) is 0 Å². The number of anilines is 2. The quantitative estimate of drug-likeness (QED) is 0.183. The van der Waals surface area contributed by atoms with E-state index >= 15 is 0 Å². The van der Waals surface area contributed by atoms with Gasteiger partial charge >= 0.3 is 0 Å². The van der Waals surface area contributed by atoms with Crippen molar-refractivity contribution < 1.29 is 4.42 Å². The van der Waals surface area contributed by atoms with Crippen LogP contribution in [0.15, 0.2) is 132 Å². The molecule has 0 spiro atoms. The van der Waals surface area contributed by atoms with Gasteiger partial charge in [0.1, 0.15) is 11.2 Å². The van der Waals surface area contributed by atoms with Crippen molar-refractivity contribution in [1.82, 2.24) is 4.57 Å². The van der Waals surface area contributed by atoms with Crippen molar-refractivity contribution >= 4 is 73.3 Å². The summed E-state index contributed by atoms with van der Waals surface area (Å²) in [5, 5.41) is 8.69. The van der Waals surface area contributed by atoms with E-state index in [0.717, 1.165) is 39.0 Å². The third-order valence-corrected chi connectivity index (χ3v) is 12.9. The van der Waals surface area contributed by atoms with Gasteiger partial charge in [0, 0.05) is 61.2 Å². The van der Waals surface area contributed by atoms with E-state index in [4.69, 9.17) is 4.42 Å². The molecule has 11 rings (SSSR count). The summed E-state index contributed by atoms with van der Waals surface area (Å²) in [6.07, 6.45) is 0. The van der Waals surface area contributed by atoms with Gasteiger partial charge in [0.05, 0.1) is 5.52 Å². The second-order valence-electron chi connectivity index (χ2n) is 19.0. The average molecular weight is 738 g/mol. The van der Waals surface area contributed by atoms with Crippen LogP contribution in [0.1, 0.15) is 77.6 Å². The minimum atomic E-state index is -0.0962. The van der Waals surface area contributed by atoms with Gasteiger partial charge in [0.25, 0.3) is 0 Å². The maximum absolute atomic E-state index is 6.54. The number of furan rings is 1. The number of nitrogens with one attached hydrogen (secondary N) is 1. The van der Waals surface area contributed by atoms with Gasteiger partial charge in [-0.1, -0.05) is 140 Å². The fourth-order valence-electron chi connectivity index (χ4n) is 9.75. The predicted octanol–water partition coefficient (Wildman–Crippen LogP) is 13.0. The molecule has 277 valence electrons. The Morgan fingerprint density at radius 1 is 0.561 bits per heavy atom. The van der Waals surface area contributed by atoms with Gasteiger partial charge < -0.3 is 14.3 Å². The number of hydrogen-bond acceptors (Lipinski definition) is 2.